The first-order valence-corrected chi connectivity index (χ1v) is 8.16. The van der Waals surface area contributed by atoms with Gasteiger partial charge >= 0.3 is 0 Å². The topological polar surface area (TPSA) is 54.0 Å². The van der Waals surface area contributed by atoms with E-state index < -0.39 is 6.10 Å². The summed E-state index contributed by atoms with van der Waals surface area (Å²) in [5.74, 6) is 1.33. The summed E-state index contributed by atoms with van der Waals surface area (Å²) < 4.78 is 11.1. The van der Waals surface area contributed by atoms with Crippen molar-refractivity contribution < 1.29 is 14.6 Å². The number of aliphatic hydroxyl groups is 1. The van der Waals surface area contributed by atoms with Crippen molar-refractivity contribution in [3.8, 4) is 11.5 Å². The highest BCUT2D eigenvalue weighted by Gasteiger charge is 2.12. The lowest BCUT2D eigenvalue weighted by Gasteiger charge is -2.22. The Morgan fingerprint density at radius 1 is 1.30 bits per heavy atom. The average molecular weight is 322 g/mol. The van der Waals surface area contributed by atoms with Gasteiger partial charge in [-0.15, -0.1) is 6.58 Å². The van der Waals surface area contributed by atoms with Crippen LogP contribution in [0.5, 0.6) is 11.5 Å². The van der Waals surface area contributed by atoms with Gasteiger partial charge in [-0.05, 0) is 30.8 Å². The van der Waals surface area contributed by atoms with Crippen LogP contribution in [-0.4, -0.2) is 56.0 Å². The van der Waals surface area contributed by atoms with Crippen molar-refractivity contribution in [1.82, 2.24) is 10.2 Å². The van der Waals surface area contributed by atoms with Gasteiger partial charge in [-0.1, -0.05) is 26.0 Å². The standard InChI is InChI=1S/C18H30N2O3/c1-5-10-19-12-15-8-9-17(18(11-15)22-4)23-14-16(21)13-20(6-2)7-3/h5,8-9,11,16,19,21H,1,6-7,10,12-14H2,2-4H3/t16-/m1/s1. The summed E-state index contributed by atoms with van der Waals surface area (Å²) >= 11 is 0. The van der Waals surface area contributed by atoms with Gasteiger partial charge in [0.1, 0.15) is 12.7 Å². The zero-order valence-corrected chi connectivity index (χ0v) is 14.5. The molecular formula is C18H30N2O3. The number of nitrogens with zero attached hydrogens (tertiary/aromatic N) is 1. The third-order valence-electron chi connectivity index (χ3n) is 3.64. The Bertz CT molecular complexity index is 462. The van der Waals surface area contributed by atoms with E-state index in [1.165, 1.54) is 0 Å². The number of aliphatic hydroxyl groups excluding tert-OH is 1. The summed E-state index contributed by atoms with van der Waals surface area (Å²) in [7, 11) is 1.62. The lowest BCUT2D eigenvalue weighted by molar-refractivity contribution is 0.0705. The fraction of sp³-hybridized carbons (Fsp3) is 0.556. The van der Waals surface area contributed by atoms with Gasteiger partial charge in [-0.3, -0.25) is 0 Å². The molecule has 2 N–H and O–H groups in total. The lowest BCUT2D eigenvalue weighted by Crippen LogP contribution is -2.35. The number of likely N-dealkylation sites (N-methyl/N-ethyl adjacent to an activating group) is 1. The zero-order chi connectivity index (χ0) is 17.1. The molecule has 1 aromatic rings. The maximum Gasteiger partial charge on any atom is 0.161 e. The molecule has 0 fully saturated rings. The van der Waals surface area contributed by atoms with Crippen LogP contribution in [0.3, 0.4) is 0 Å². The Labute approximate surface area is 139 Å². The van der Waals surface area contributed by atoms with Gasteiger partial charge in [0.25, 0.3) is 0 Å². The monoisotopic (exact) mass is 322 g/mol. The van der Waals surface area contributed by atoms with Crippen molar-refractivity contribution in [2.75, 3.05) is 39.9 Å². The quantitative estimate of drug-likeness (QED) is 0.456. The second kappa shape index (κ2) is 11.0. The van der Waals surface area contributed by atoms with Crippen molar-refractivity contribution >= 4 is 0 Å². The summed E-state index contributed by atoms with van der Waals surface area (Å²) in [4.78, 5) is 2.17. The highest BCUT2D eigenvalue weighted by atomic mass is 16.5. The molecule has 0 saturated heterocycles. The van der Waals surface area contributed by atoms with E-state index in [4.69, 9.17) is 9.47 Å². The zero-order valence-electron chi connectivity index (χ0n) is 14.5. The largest absolute Gasteiger partial charge is 0.493 e. The van der Waals surface area contributed by atoms with Crippen molar-refractivity contribution in [1.29, 1.82) is 0 Å². The van der Waals surface area contributed by atoms with Crippen LogP contribution in [0.25, 0.3) is 0 Å². The number of nitrogens with one attached hydrogen (secondary N) is 1. The van der Waals surface area contributed by atoms with Crippen molar-refractivity contribution in [2.45, 2.75) is 26.5 Å². The Hall–Kier alpha value is -1.56. The average Bonchev–Trinajstić information content (AvgIpc) is 2.58. The van der Waals surface area contributed by atoms with Crippen molar-refractivity contribution in [2.24, 2.45) is 0 Å². The molecule has 0 aromatic heterocycles. The first-order chi connectivity index (χ1) is 11.1. The normalized spacial score (nSPS) is 12.2. The maximum atomic E-state index is 10.1. The predicted molar refractivity (Wildman–Crippen MR) is 94.2 cm³/mol. The smallest absolute Gasteiger partial charge is 0.161 e. The Kier molecular flexibility index (Phi) is 9.36. The molecule has 0 saturated carbocycles. The molecule has 130 valence electrons. The molecule has 5 heteroatoms. The first-order valence-electron chi connectivity index (χ1n) is 8.16. The number of ether oxygens (including phenoxy) is 2. The number of methoxy groups -OCH3 is 1. The molecule has 0 radical (unpaired) electrons. The van der Waals surface area contributed by atoms with E-state index in [-0.39, 0.29) is 6.61 Å². The highest BCUT2D eigenvalue weighted by molar-refractivity contribution is 5.43. The number of hydrogen-bond acceptors (Lipinski definition) is 5. The van der Waals surface area contributed by atoms with Crippen LogP contribution in [0.4, 0.5) is 0 Å². The molecule has 0 aliphatic rings. The molecular weight excluding hydrogens is 292 g/mol. The second-order valence-corrected chi connectivity index (χ2v) is 5.36. The van der Waals surface area contributed by atoms with Gasteiger partial charge in [0.15, 0.2) is 11.5 Å². The van der Waals surface area contributed by atoms with Gasteiger partial charge in [0.2, 0.25) is 0 Å². The molecule has 0 aliphatic heterocycles. The predicted octanol–water partition coefficient (Wildman–Crippen LogP) is 2.05. The lowest BCUT2D eigenvalue weighted by atomic mass is 10.2. The number of benzene rings is 1. The van der Waals surface area contributed by atoms with Gasteiger partial charge in [0.05, 0.1) is 7.11 Å². The summed E-state index contributed by atoms with van der Waals surface area (Å²) in [6, 6.07) is 5.82. The minimum atomic E-state index is -0.520. The Morgan fingerprint density at radius 3 is 2.65 bits per heavy atom. The third-order valence-corrected chi connectivity index (χ3v) is 3.64. The van der Waals surface area contributed by atoms with E-state index in [1.54, 1.807) is 7.11 Å². The van der Waals surface area contributed by atoms with Crippen LogP contribution < -0.4 is 14.8 Å². The van der Waals surface area contributed by atoms with Crippen LogP contribution in [0, 0.1) is 0 Å². The first kappa shape index (κ1) is 19.5. The second-order valence-electron chi connectivity index (χ2n) is 5.36. The highest BCUT2D eigenvalue weighted by Crippen LogP contribution is 2.28. The summed E-state index contributed by atoms with van der Waals surface area (Å²) in [6.45, 7) is 12.1. The third kappa shape index (κ3) is 7.03. The van der Waals surface area contributed by atoms with Gasteiger partial charge in [-0.2, -0.15) is 0 Å². The Balaban J connectivity index is 2.57. The van der Waals surface area contributed by atoms with Crippen LogP contribution in [-0.2, 0) is 6.54 Å². The van der Waals surface area contributed by atoms with E-state index >= 15 is 0 Å². The van der Waals surface area contributed by atoms with E-state index in [1.807, 2.05) is 24.3 Å². The molecule has 0 heterocycles. The minimum absolute atomic E-state index is 0.251. The van der Waals surface area contributed by atoms with Crippen LogP contribution in [0.15, 0.2) is 30.9 Å². The summed E-state index contributed by atoms with van der Waals surface area (Å²) in [5, 5.41) is 13.3. The molecule has 0 unspecified atom stereocenters. The molecule has 1 rings (SSSR count). The van der Waals surface area contributed by atoms with Crippen LogP contribution >= 0.6 is 0 Å². The Morgan fingerprint density at radius 2 is 2.04 bits per heavy atom. The van der Waals surface area contributed by atoms with E-state index in [0.29, 0.717) is 18.0 Å². The number of rotatable bonds is 12. The minimum Gasteiger partial charge on any atom is -0.493 e. The molecule has 1 aromatic carbocycles. The SMILES string of the molecule is C=CCNCc1ccc(OC[C@H](O)CN(CC)CC)c(OC)c1. The number of hydrogen-bond donors (Lipinski definition) is 2. The van der Waals surface area contributed by atoms with Crippen molar-refractivity contribution in [3.05, 3.63) is 36.4 Å². The van der Waals surface area contributed by atoms with Crippen LogP contribution in [0.1, 0.15) is 19.4 Å². The molecule has 1 atom stereocenters. The molecule has 0 amide bonds. The van der Waals surface area contributed by atoms with E-state index in [2.05, 4.69) is 30.6 Å². The fourth-order valence-electron chi connectivity index (χ4n) is 2.28. The van der Waals surface area contributed by atoms with Gasteiger partial charge in [-0.25, -0.2) is 0 Å². The van der Waals surface area contributed by atoms with Gasteiger partial charge < -0.3 is 24.8 Å². The van der Waals surface area contributed by atoms with E-state index in [9.17, 15) is 5.11 Å². The molecule has 0 bridgehead atoms. The van der Waals surface area contributed by atoms with Crippen molar-refractivity contribution in [3.63, 3.8) is 0 Å². The summed E-state index contributed by atoms with van der Waals surface area (Å²) in [6.07, 6.45) is 1.31. The van der Waals surface area contributed by atoms with E-state index in [0.717, 1.165) is 31.7 Å². The summed E-state index contributed by atoms with van der Waals surface area (Å²) in [5.41, 5.74) is 1.11. The van der Waals surface area contributed by atoms with Crippen LogP contribution in [0.2, 0.25) is 0 Å². The van der Waals surface area contributed by atoms with Gasteiger partial charge in [0, 0.05) is 19.6 Å². The molecule has 23 heavy (non-hydrogen) atoms. The fourth-order valence-corrected chi connectivity index (χ4v) is 2.28. The maximum absolute atomic E-state index is 10.1. The molecule has 5 nitrogen and oxygen atoms in total. The molecule has 0 spiro atoms. The molecule has 0 aliphatic carbocycles.